The van der Waals surface area contributed by atoms with E-state index in [4.69, 9.17) is 4.55 Å². The normalized spacial score (nSPS) is 16.2. The van der Waals surface area contributed by atoms with Gasteiger partial charge in [0.2, 0.25) is 5.91 Å². The molecule has 8 nitrogen and oxygen atoms in total. The molecule has 0 atom stereocenters. The molecule has 1 aromatic rings. The van der Waals surface area contributed by atoms with Gasteiger partial charge in [-0.15, -0.1) is 0 Å². The molecule has 23 heavy (non-hydrogen) atoms. The van der Waals surface area contributed by atoms with Crippen LogP contribution < -0.4 is 10.2 Å². The number of benzene rings is 1. The molecule has 9 heteroatoms. The van der Waals surface area contributed by atoms with E-state index in [0.717, 1.165) is 26.2 Å². The number of hydrogen-bond acceptors (Lipinski definition) is 6. The van der Waals surface area contributed by atoms with Gasteiger partial charge in [-0.3, -0.25) is 14.1 Å². The van der Waals surface area contributed by atoms with Crippen LogP contribution in [0, 0.1) is 0 Å². The average Bonchev–Trinajstić information content (AvgIpc) is 2.46. The minimum absolute atomic E-state index is 0.354. The molecular formula is C14H19N3O5S. The Kier molecular flexibility index (Phi) is 5.34. The van der Waals surface area contributed by atoms with Gasteiger partial charge in [-0.05, 0) is 25.2 Å². The zero-order chi connectivity index (χ0) is 17.0. The third-order valence-corrected chi connectivity index (χ3v) is 4.22. The largest absolute Gasteiger partial charge is 0.367 e. The Bertz CT molecular complexity index is 696. The highest BCUT2D eigenvalue weighted by Gasteiger charge is 2.20. The molecule has 2 rings (SSSR count). The first-order chi connectivity index (χ1) is 10.8. The number of likely N-dealkylation sites (N-methyl/N-ethyl adjacent to an activating group) is 1. The molecular weight excluding hydrogens is 322 g/mol. The van der Waals surface area contributed by atoms with Crippen LogP contribution in [0.1, 0.15) is 10.4 Å². The van der Waals surface area contributed by atoms with E-state index < -0.39 is 21.8 Å². The number of piperazine rings is 1. The molecule has 1 amide bonds. The van der Waals surface area contributed by atoms with Gasteiger partial charge in [0, 0.05) is 31.7 Å². The lowest BCUT2D eigenvalue weighted by molar-refractivity contribution is -0.113. The molecule has 0 bridgehead atoms. The number of carbonyl (C=O) groups is 2. The lowest BCUT2D eigenvalue weighted by Crippen LogP contribution is -2.44. The summed E-state index contributed by atoms with van der Waals surface area (Å²) < 4.78 is 30.4. The summed E-state index contributed by atoms with van der Waals surface area (Å²) in [5.41, 5.74) is 1.44. The molecule has 2 N–H and O–H groups in total. The molecule has 0 unspecified atom stereocenters. The van der Waals surface area contributed by atoms with Gasteiger partial charge in [-0.1, -0.05) is 0 Å². The van der Waals surface area contributed by atoms with Crippen LogP contribution in [0.3, 0.4) is 0 Å². The van der Waals surface area contributed by atoms with Crippen LogP contribution in [0.4, 0.5) is 11.4 Å². The van der Waals surface area contributed by atoms with Gasteiger partial charge >= 0.3 is 0 Å². The van der Waals surface area contributed by atoms with Crippen molar-refractivity contribution < 1.29 is 22.6 Å². The molecule has 0 saturated carbocycles. The van der Waals surface area contributed by atoms with Crippen LogP contribution >= 0.6 is 0 Å². The van der Waals surface area contributed by atoms with E-state index in [1.165, 1.54) is 6.07 Å². The van der Waals surface area contributed by atoms with Crippen molar-refractivity contribution in [2.24, 2.45) is 0 Å². The van der Waals surface area contributed by atoms with Crippen LogP contribution in [-0.4, -0.2) is 69.0 Å². The third kappa shape index (κ3) is 5.02. The molecule has 0 aliphatic carbocycles. The SMILES string of the molecule is CN1CCN(c2ccc(C=O)cc2NC(=O)CS(=O)(=O)O)CC1. The van der Waals surface area contributed by atoms with Gasteiger partial charge in [0.25, 0.3) is 10.1 Å². The van der Waals surface area contributed by atoms with Crippen LogP contribution in [0.15, 0.2) is 18.2 Å². The Morgan fingerprint density at radius 3 is 2.52 bits per heavy atom. The molecule has 126 valence electrons. The number of rotatable bonds is 5. The molecule has 0 radical (unpaired) electrons. The quantitative estimate of drug-likeness (QED) is 0.577. The third-order valence-electron chi connectivity index (χ3n) is 3.59. The summed E-state index contributed by atoms with van der Waals surface area (Å²) in [6.07, 6.45) is 0.645. The molecule has 1 fully saturated rings. The van der Waals surface area contributed by atoms with E-state index in [-0.39, 0.29) is 0 Å². The number of carbonyl (C=O) groups excluding carboxylic acids is 2. The molecule has 0 spiro atoms. The van der Waals surface area contributed by atoms with Crippen LogP contribution in [0.2, 0.25) is 0 Å². The highest BCUT2D eigenvalue weighted by atomic mass is 32.2. The summed E-state index contributed by atoms with van der Waals surface area (Å²) in [5.74, 6) is -1.88. The Morgan fingerprint density at radius 2 is 1.96 bits per heavy atom. The standard InChI is InChI=1S/C14H19N3O5S/c1-16-4-6-17(7-5-16)13-3-2-11(9-18)8-12(13)15-14(19)10-23(20,21)22/h2-3,8-9H,4-7,10H2,1H3,(H,15,19)(H,20,21,22). The highest BCUT2D eigenvalue weighted by Crippen LogP contribution is 2.28. The van der Waals surface area contributed by atoms with Crippen molar-refractivity contribution >= 4 is 33.7 Å². The van der Waals surface area contributed by atoms with Crippen LogP contribution in [0.5, 0.6) is 0 Å². The number of nitrogens with zero attached hydrogens (tertiary/aromatic N) is 2. The van der Waals surface area contributed by atoms with E-state index in [2.05, 4.69) is 15.1 Å². The maximum absolute atomic E-state index is 11.7. The van der Waals surface area contributed by atoms with Gasteiger partial charge in [0.15, 0.2) is 5.75 Å². The maximum atomic E-state index is 11.7. The topological polar surface area (TPSA) is 107 Å². The Hall–Kier alpha value is -1.97. The van der Waals surface area contributed by atoms with Crippen LogP contribution in [-0.2, 0) is 14.9 Å². The summed E-state index contributed by atoms with van der Waals surface area (Å²) in [5, 5.41) is 2.46. The molecule has 1 heterocycles. The zero-order valence-corrected chi connectivity index (χ0v) is 13.5. The van der Waals surface area contributed by atoms with Crippen molar-refractivity contribution in [1.82, 2.24) is 4.90 Å². The summed E-state index contributed by atoms with van der Waals surface area (Å²) in [6.45, 7) is 3.21. The maximum Gasteiger partial charge on any atom is 0.274 e. The minimum atomic E-state index is -4.41. The minimum Gasteiger partial charge on any atom is -0.367 e. The second-order valence-electron chi connectivity index (χ2n) is 5.46. The van der Waals surface area contributed by atoms with E-state index in [0.29, 0.717) is 23.2 Å². The van der Waals surface area contributed by atoms with Gasteiger partial charge in [-0.2, -0.15) is 8.42 Å². The first-order valence-corrected chi connectivity index (χ1v) is 8.67. The van der Waals surface area contributed by atoms with Crippen LogP contribution in [0.25, 0.3) is 0 Å². The van der Waals surface area contributed by atoms with Gasteiger partial charge in [-0.25, -0.2) is 0 Å². The summed E-state index contributed by atoms with van der Waals surface area (Å²) >= 11 is 0. The summed E-state index contributed by atoms with van der Waals surface area (Å²) in [6, 6.07) is 4.85. The zero-order valence-electron chi connectivity index (χ0n) is 12.7. The van der Waals surface area contributed by atoms with Crippen molar-refractivity contribution in [2.45, 2.75) is 0 Å². The smallest absolute Gasteiger partial charge is 0.274 e. The lowest BCUT2D eigenvalue weighted by Gasteiger charge is -2.35. The molecule has 0 aromatic heterocycles. The fourth-order valence-corrected chi connectivity index (χ4v) is 2.81. The lowest BCUT2D eigenvalue weighted by atomic mass is 10.1. The van der Waals surface area contributed by atoms with Gasteiger partial charge < -0.3 is 15.1 Å². The predicted octanol–water partition coefficient (Wildman–Crippen LogP) is 0.0772. The molecule has 1 aliphatic heterocycles. The van der Waals surface area contributed by atoms with E-state index in [9.17, 15) is 18.0 Å². The van der Waals surface area contributed by atoms with Gasteiger partial charge in [0.1, 0.15) is 6.29 Å². The summed E-state index contributed by atoms with van der Waals surface area (Å²) in [7, 11) is -2.39. The monoisotopic (exact) mass is 341 g/mol. The number of hydrogen-bond donors (Lipinski definition) is 2. The molecule has 1 aliphatic rings. The molecule has 1 saturated heterocycles. The first-order valence-electron chi connectivity index (χ1n) is 7.06. The Morgan fingerprint density at radius 1 is 1.30 bits per heavy atom. The number of anilines is 2. The number of amides is 1. The number of aldehydes is 1. The van der Waals surface area contributed by atoms with Crippen molar-refractivity contribution in [3.05, 3.63) is 23.8 Å². The van der Waals surface area contributed by atoms with E-state index in [1.54, 1.807) is 12.1 Å². The van der Waals surface area contributed by atoms with Crippen molar-refractivity contribution in [3.63, 3.8) is 0 Å². The summed E-state index contributed by atoms with van der Waals surface area (Å²) in [4.78, 5) is 26.9. The Labute approximate surface area is 134 Å². The van der Waals surface area contributed by atoms with E-state index >= 15 is 0 Å². The fraction of sp³-hybridized carbons (Fsp3) is 0.429. The second-order valence-corrected chi connectivity index (χ2v) is 6.91. The predicted molar refractivity (Wildman–Crippen MR) is 86.6 cm³/mol. The van der Waals surface area contributed by atoms with Gasteiger partial charge in [0.05, 0.1) is 11.4 Å². The Balaban J connectivity index is 2.24. The second kappa shape index (κ2) is 7.07. The van der Waals surface area contributed by atoms with E-state index in [1.807, 2.05) is 7.05 Å². The van der Waals surface area contributed by atoms with Crippen molar-refractivity contribution in [1.29, 1.82) is 0 Å². The first kappa shape index (κ1) is 17.4. The fourth-order valence-electron chi connectivity index (χ4n) is 2.40. The average molecular weight is 341 g/mol. The molecule has 1 aromatic carbocycles. The van der Waals surface area contributed by atoms with Crippen molar-refractivity contribution in [2.75, 3.05) is 49.2 Å². The number of nitrogens with one attached hydrogen (secondary N) is 1. The van der Waals surface area contributed by atoms with Crippen molar-refractivity contribution in [3.8, 4) is 0 Å². The highest BCUT2D eigenvalue weighted by molar-refractivity contribution is 7.86.